The maximum Gasteiger partial charge on any atom is 0.264 e. The normalized spacial score (nSPS) is 18.0. The average molecular weight is 408 g/mol. The zero-order chi connectivity index (χ0) is 21.6. The van der Waals surface area contributed by atoms with E-state index in [9.17, 15) is 9.90 Å². The third-order valence-electron chi connectivity index (χ3n) is 6.32. The summed E-state index contributed by atoms with van der Waals surface area (Å²) in [4.78, 5) is 16.4. The SMILES string of the molecule is COc1ccc2[nH]c(CNC(=O)C3(C)CCc4c(C)c(O)c(C)c(C)c4O3)cc2c1. The van der Waals surface area contributed by atoms with Crippen molar-refractivity contribution in [2.75, 3.05) is 7.11 Å². The van der Waals surface area contributed by atoms with Gasteiger partial charge in [0, 0.05) is 28.6 Å². The van der Waals surface area contributed by atoms with E-state index in [1.165, 1.54) is 0 Å². The first-order valence-electron chi connectivity index (χ1n) is 10.2. The minimum absolute atomic E-state index is 0.146. The van der Waals surface area contributed by atoms with Gasteiger partial charge in [-0.3, -0.25) is 4.79 Å². The minimum atomic E-state index is -0.956. The second-order valence-electron chi connectivity index (χ2n) is 8.29. The minimum Gasteiger partial charge on any atom is -0.507 e. The number of aromatic amines is 1. The summed E-state index contributed by atoms with van der Waals surface area (Å²) < 4.78 is 11.5. The number of methoxy groups -OCH3 is 1. The lowest BCUT2D eigenvalue weighted by molar-refractivity contribution is -0.137. The molecule has 0 saturated heterocycles. The van der Waals surface area contributed by atoms with Crippen molar-refractivity contribution in [3.63, 3.8) is 0 Å². The van der Waals surface area contributed by atoms with Crippen LogP contribution in [0.4, 0.5) is 0 Å². The number of benzene rings is 2. The van der Waals surface area contributed by atoms with Gasteiger partial charge in [-0.2, -0.15) is 0 Å². The number of carbonyl (C=O) groups is 1. The molecule has 1 aliphatic heterocycles. The summed E-state index contributed by atoms with van der Waals surface area (Å²) in [5.74, 6) is 1.70. The number of hydrogen-bond donors (Lipinski definition) is 3. The van der Waals surface area contributed by atoms with Gasteiger partial charge < -0.3 is 24.9 Å². The Bertz CT molecular complexity index is 1150. The fourth-order valence-corrected chi connectivity index (χ4v) is 4.16. The lowest BCUT2D eigenvalue weighted by Gasteiger charge is -2.36. The number of phenolic OH excluding ortho intramolecular Hbond substituents is 1. The highest BCUT2D eigenvalue weighted by atomic mass is 16.5. The number of rotatable bonds is 4. The number of hydrogen-bond acceptors (Lipinski definition) is 4. The summed E-state index contributed by atoms with van der Waals surface area (Å²) in [6.45, 7) is 7.91. The van der Waals surface area contributed by atoms with E-state index in [1.54, 1.807) is 7.11 Å². The zero-order valence-corrected chi connectivity index (χ0v) is 18.1. The quantitative estimate of drug-likeness (QED) is 0.604. The molecule has 6 heteroatoms. The molecule has 3 aromatic rings. The van der Waals surface area contributed by atoms with Gasteiger partial charge in [0.05, 0.1) is 13.7 Å². The van der Waals surface area contributed by atoms with Crippen LogP contribution in [0.2, 0.25) is 0 Å². The molecule has 158 valence electrons. The summed E-state index contributed by atoms with van der Waals surface area (Å²) in [6, 6.07) is 7.84. The summed E-state index contributed by atoms with van der Waals surface area (Å²) in [7, 11) is 1.64. The molecule has 0 radical (unpaired) electrons. The molecular formula is C24H28N2O4. The first-order valence-corrected chi connectivity index (χ1v) is 10.2. The van der Waals surface area contributed by atoms with Crippen LogP contribution >= 0.6 is 0 Å². The van der Waals surface area contributed by atoms with Crippen molar-refractivity contribution in [1.82, 2.24) is 10.3 Å². The lowest BCUT2D eigenvalue weighted by Crippen LogP contribution is -2.50. The molecule has 0 fully saturated rings. The van der Waals surface area contributed by atoms with Crippen LogP contribution in [-0.4, -0.2) is 28.7 Å². The summed E-state index contributed by atoms with van der Waals surface area (Å²) >= 11 is 0. The molecule has 0 spiro atoms. The van der Waals surface area contributed by atoms with Crippen LogP contribution in [0.3, 0.4) is 0 Å². The van der Waals surface area contributed by atoms with Crippen molar-refractivity contribution in [1.29, 1.82) is 0 Å². The maximum atomic E-state index is 13.0. The smallest absolute Gasteiger partial charge is 0.264 e. The third kappa shape index (κ3) is 3.26. The number of ether oxygens (including phenoxy) is 2. The largest absolute Gasteiger partial charge is 0.507 e. The first-order chi connectivity index (χ1) is 14.2. The van der Waals surface area contributed by atoms with Crippen molar-refractivity contribution >= 4 is 16.8 Å². The van der Waals surface area contributed by atoms with E-state index in [1.807, 2.05) is 52.0 Å². The Balaban J connectivity index is 1.52. The molecule has 1 unspecified atom stereocenters. The van der Waals surface area contributed by atoms with Gasteiger partial charge in [0.2, 0.25) is 0 Å². The predicted molar refractivity (Wildman–Crippen MR) is 116 cm³/mol. The Labute approximate surface area is 176 Å². The van der Waals surface area contributed by atoms with Crippen LogP contribution in [0.1, 0.15) is 41.3 Å². The Morgan fingerprint density at radius 2 is 2.00 bits per heavy atom. The van der Waals surface area contributed by atoms with Crippen molar-refractivity contribution in [2.45, 2.75) is 52.7 Å². The fourth-order valence-electron chi connectivity index (χ4n) is 4.16. The lowest BCUT2D eigenvalue weighted by atomic mass is 9.86. The van der Waals surface area contributed by atoms with Crippen LogP contribution in [0.25, 0.3) is 10.9 Å². The van der Waals surface area contributed by atoms with E-state index in [0.717, 1.165) is 50.3 Å². The third-order valence-corrected chi connectivity index (χ3v) is 6.32. The van der Waals surface area contributed by atoms with Gasteiger partial charge in [-0.05, 0) is 75.1 Å². The van der Waals surface area contributed by atoms with Crippen LogP contribution < -0.4 is 14.8 Å². The highest BCUT2D eigenvalue weighted by Crippen LogP contribution is 2.43. The molecule has 0 saturated carbocycles. The Morgan fingerprint density at radius 3 is 2.73 bits per heavy atom. The monoisotopic (exact) mass is 408 g/mol. The number of aromatic hydroxyl groups is 1. The molecule has 4 rings (SSSR count). The number of phenols is 1. The maximum absolute atomic E-state index is 13.0. The number of H-pyrrole nitrogens is 1. The van der Waals surface area contributed by atoms with E-state index < -0.39 is 5.60 Å². The van der Waals surface area contributed by atoms with Crippen LogP contribution in [-0.2, 0) is 17.8 Å². The first kappa shape index (κ1) is 20.1. The number of amides is 1. The fraction of sp³-hybridized carbons (Fsp3) is 0.375. The van der Waals surface area contributed by atoms with E-state index in [0.29, 0.717) is 25.1 Å². The Morgan fingerprint density at radius 1 is 1.23 bits per heavy atom. The van der Waals surface area contributed by atoms with E-state index >= 15 is 0 Å². The molecular weight excluding hydrogens is 380 g/mol. The Kier molecular flexibility index (Phi) is 4.88. The van der Waals surface area contributed by atoms with Gasteiger partial charge in [-0.1, -0.05) is 0 Å². The highest BCUT2D eigenvalue weighted by molar-refractivity contribution is 5.86. The van der Waals surface area contributed by atoms with Crippen molar-refractivity contribution in [2.24, 2.45) is 0 Å². The van der Waals surface area contributed by atoms with E-state index in [2.05, 4.69) is 10.3 Å². The van der Waals surface area contributed by atoms with Crippen molar-refractivity contribution in [3.05, 3.63) is 52.2 Å². The van der Waals surface area contributed by atoms with Gasteiger partial charge in [-0.25, -0.2) is 0 Å². The summed E-state index contributed by atoms with van der Waals surface area (Å²) in [5.41, 5.74) is 4.47. The summed E-state index contributed by atoms with van der Waals surface area (Å²) in [5, 5.41) is 14.4. The topological polar surface area (TPSA) is 83.6 Å². The molecule has 1 aliphatic rings. The van der Waals surface area contributed by atoms with Crippen LogP contribution in [0.5, 0.6) is 17.2 Å². The van der Waals surface area contributed by atoms with E-state index in [4.69, 9.17) is 9.47 Å². The molecule has 2 heterocycles. The molecule has 3 N–H and O–H groups in total. The van der Waals surface area contributed by atoms with Gasteiger partial charge in [0.15, 0.2) is 5.60 Å². The second kappa shape index (κ2) is 7.27. The molecule has 0 aliphatic carbocycles. The van der Waals surface area contributed by atoms with Crippen LogP contribution in [0.15, 0.2) is 24.3 Å². The number of fused-ring (bicyclic) bond motifs is 2. The predicted octanol–water partition coefficient (Wildman–Crippen LogP) is 4.21. The molecule has 1 aromatic heterocycles. The molecule has 30 heavy (non-hydrogen) atoms. The molecule has 1 amide bonds. The van der Waals surface area contributed by atoms with Gasteiger partial charge >= 0.3 is 0 Å². The van der Waals surface area contributed by atoms with E-state index in [-0.39, 0.29) is 5.91 Å². The van der Waals surface area contributed by atoms with Crippen molar-refractivity contribution < 1.29 is 19.4 Å². The van der Waals surface area contributed by atoms with Crippen molar-refractivity contribution in [3.8, 4) is 17.2 Å². The van der Waals surface area contributed by atoms with Crippen LogP contribution in [0, 0.1) is 20.8 Å². The molecule has 2 aromatic carbocycles. The number of carbonyl (C=O) groups excluding carboxylic acids is 1. The number of aromatic nitrogens is 1. The number of nitrogens with one attached hydrogen (secondary N) is 2. The molecule has 0 bridgehead atoms. The summed E-state index contributed by atoms with van der Waals surface area (Å²) in [6.07, 6.45) is 1.24. The standard InChI is InChI=1S/C24H28N2O4/c1-13-14(2)22-19(15(3)21(13)27)8-9-24(4,30-22)23(28)25-12-17-10-16-11-18(29-5)6-7-20(16)26-17/h6-7,10-11,26-27H,8-9,12H2,1-5H3,(H,25,28). The zero-order valence-electron chi connectivity index (χ0n) is 18.1. The second-order valence-corrected chi connectivity index (χ2v) is 8.29. The van der Waals surface area contributed by atoms with Gasteiger partial charge in [-0.15, -0.1) is 0 Å². The molecule has 6 nitrogen and oxygen atoms in total. The Hall–Kier alpha value is -3.15. The van der Waals surface area contributed by atoms with Gasteiger partial charge in [0.1, 0.15) is 17.2 Å². The molecule has 1 atom stereocenters. The highest BCUT2D eigenvalue weighted by Gasteiger charge is 2.40. The average Bonchev–Trinajstić information content (AvgIpc) is 3.16. The van der Waals surface area contributed by atoms with Gasteiger partial charge in [0.25, 0.3) is 5.91 Å².